The van der Waals surface area contributed by atoms with Gasteiger partial charge in [0, 0.05) is 24.5 Å². The molecule has 0 bridgehead atoms. The predicted octanol–water partition coefficient (Wildman–Crippen LogP) is 0.909. The van der Waals surface area contributed by atoms with Crippen LogP contribution in [0.15, 0.2) is 12.3 Å². The molecule has 0 fully saturated rings. The van der Waals surface area contributed by atoms with Gasteiger partial charge in [-0.3, -0.25) is 0 Å². The van der Waals surface area contributed by atoms with Crippen LogP contribution in [0.4, 0.5) is 0 Å². The van der Waals surface area contributed by atoms with Crippen molar-refractivity contribution < 1.29 is 8.42 Å². The van der Waals surface area contributed by atoms with Crippen LogP contribution in [0, 0.1) is 0 Å². The van der Waals surface area contributed by atoms with Crippen LogP contribution in [0.1, 0.15) is 32.3 Å². The van der Waals surface area contributed by atoms with E-state index in [4.69, 9.17) is 0 Å². The van der Waals surface area contributed by atoms with Gasteiger partial charge in [-0.1, -0.05) is 0 Å². The highest BCUT2D eigenvalue weighted by Gasteiger charge is 2.11. The van der Waals surface area contributed by atoms with E-state index in [1.54, 1.807) is 12.3 Å². The molecule has 5 nitrogen and oxygen atoms in total. The number of nitrogens with one attached hydrogen (secondary N) is 1. The number of aromatic nitrogens is 2. The van der Waals surface area contributed by atoms with Crippen molar-refractivity contribution in [2.24, 2.45) is 0 Å². The molecule has 96 valence electrons. The number of rotatable bonds is 4. The van der Waals surface area contributed by atoms with E-state index in [0.717, 1.165) is 5.69 Å². The highest BCUT2D eigenvalue weighted by atomic mass is 32.2. The van der Waals surface area contributed by atoms with Crippen molar-refractivity contribution in [2.45, 2.75) is 38.6 Å². The van der Waals surface area contributed by atoms with Gasteiger partial charge in [0.25, 0.3) is 0 Å². The van der Waals surface area contributed by atoms with Gasteiger partial charge in [-0.2, -0.15) is 0 Å². The van der Waals surface area contributed by atoms with Gasteiger partial charge in [0.15, 0.2) is 9.84 Å². The number of nitrogens with zero attached hydrogens (tertiary/aromatic N) is 2. The van der Waals surface area contributed by atoms with Gasteiger partial charge >= 0.3 is 0 Å². The van der Waals surface area contributed by atoms with E-state index < -0.39 is 9.84 Å². The third-order valence-corrected chi connectivity index (χ3v) is 2.74. The van der Waals surface area contributed by atoms with Crippen LogP contribution in [-0.2, 0) is 22.1 Å². The van der Waals surface area contributed by atoms with Crippen molar-refractivity contribution in [1.29, 1.82) is 0 Å². The number of hydrogen-bond acceptors (Lipinski definition) is 5. The van der Waals surface area contributed by atoms with Gasteiger partial charge in [0.2, 0.25) is 0 Å². The normalized spacial score (nSPS) is 12.7. The molecule has 17 heavy (non-hydrogen) atoms. The lowest BCUT2D eigenvalue weighted by Crippen LogP contribution is -2.35. The lowest BCUT2D eigenvalue weighted by Gasteiger charge is -2.20. The molecule has 1 aromatic rings. The second kappa shape index (κ2) is 5.10. The van der Waals surface area contributed by atoms with Crippen molar-refractivity contribution in [3.05, 3.63) is 23.8 Å². The van der Waals surface area contributed by atoms with Gasteiger partial charge in [0.05, 0.1) is 5.69 Å². The molecule has 0 radical (unpaired) electrons. The molecule has 1 heterocycles. The van der Waals surface area contributed by atoms with Gasteiger partial charge in [0.1, 0.15) is 11.6 Å². The average Bonchev–Trinajstić information content (AvgIpc) is 2.11. The van der Waals surface area contributed by atoms with Crippen molar-refractivity contribution in [1.82, 2.24) is 15.3 Å². The molecule has 1 rings (SSSR count). The molecule has 0 saturated carbocycles. The van der Waals surface area contributed by atoms with E-state index in [1.807, 2.05) is 0 Å². The first-order valence-electron chi connectivity index (χ1n) is 5.39. The Morgan fingerprint density at radius 2 is 2.00 bits per heavy atom. The Labute approximate surface area is 103 Å². The van der Waals surface area contributed by atoms with E-state index in [2.05, 4.69) is 36.1 Å². The number of sulfone groups is 1. The molecular weight excluding hydrogens is 238 g/mol. The van der Waals surface area contributed by atoms with Crippen LogP contribution in [-0.4, -0.2) is 30.2 Å². The monoisotopic (exact) mass is 257 g/mol. The zero-order valence-corrected chi connectivity index (χ0v) is 11.5. The summed E-state index contributed by atoms with van der Waals surface area (Å²) in [5, 5.41) is 3.29. The Kier molecular flexibility index (Phi) is 4.21. The van der Waals surface area contributed by atoms with E-state index in [0.29, 0.717) is 12.4 Å². The summed E-state index contributed by atoms with van der Waals surface area (Å²) in [6.45, 7) is 6.78. The third-order valence-electron chi connectivity index (χ3n) is 1.95. The fourth-order valence-corrected chi connectivity index (χ4v) is 1.81. The van der Waals surface area contributed by atoms with E-state index >= 15 is 0 Å². The summed E-state index contributed by atoms with van der Waals surface area (Å²) in [5.74, 6) is 0.233. The molecule has 0 aliphatic carbocycles. The maximum atomic E-state index is 11.1. The van der Waals surface area contributed by atoms with Gasteiger partial charge < -0.3 is 5.32 Å². The second-order valence-electron chi connectivity index (χ2n) is 5.14. The lowest BCUT2D eigenvalue weighted by molar-refractivity contribution is 0.420. The first-order chi connectivity index (χ1) is 7.66. The molecule has 6 heteroatoms. The molecule has 0 saturated heterocycles. The third kappa shape index (κ3) is 6.33. The predicted molar refractivity (Wildman–Crippen MR) is 67.2 cm³/mol. The van der Waals surface area contributed by atoms with E-state index in [9.17, 15) is 8.42 Å². The largest absolute Gasteiger partial charge is 0.306 e. The standard InChI is InChI=1S/C11H19N3O2S/c1-11(2,3)13-7-9-5-6-12-10(14-9)8-17(4,15)16/h5-6,13H,7-8H2,1-4H3. The summed E-state index contributed by atoms with van der Waals surface area (Å²) in [6, 6.07) is 1.78. The van der Waals surface area contributed by atoms with Crippen LogP contribution in [0.3, 0.4) is 0 Å². The van der Waals surface area contributed by atoms with Crippen LogP contribution in [0.25, 0.3) is 0 Å². The molecule has 0 atom stereocenters. The Bertz CT molecular complexity index is 478. The Morgan fingerprint density at radius 1 is 1.35 bits per heavy atom. The minimum absolute atomic E-state index is 0.00193. The quantitative estimate of drug-likeness (QED) is 0.868. The average molecular weight is 257 g/mol. The molecular formula is C11H19N3O2S. The van der Waals surface area contributed by atoms with Gasteiger partial charge in [-0.05, 0) is 26.8 Å². The molecule has 0 amide bonds. The van der Waals surface area contributed by atoms with Crippen LogP contribution in [0.2, 0.25) is 0 Å². The molecule has 0 aliphatic rings. The van der Waals surface area contributed by atoms with Crippen molar-refractivity contribution in [2.75, 3.05) is 6.26 Å². The van der Waals surface area contributed by atoms with Gasteiger partial charge in [-0.15, -0.1) is 0 Å². The summed E-state index contributed by atoms with van der Waals surface area (Å²) >= 11 is 0. The molecule has 1 aromatic heterocycles. The van der Waals surface area contributed by atoms with Crippen LogP contribution in [0.5, 0.6) is 0 Å². The lowest BCUT2D eigenvalue weighted by atomic mass is 10.1. The fraction of sp³-hybridized carbons (Fsp3) is 0.636. The first-order valence-corrected chi connectivity index (χ1v) is 7.45. The zero-order valence-electron chi connectivity index (χ0n) is 10.7. The molecule has 1 N–H and O–H groups in total. The molecule has 0 unspecified atom stereocenters. The minimum Gasteiger partial charge on any atom is -0.306 e. The smallest absolute Gasteiger partial charge is 0.154 e. The maximum absolute atomic E-state index is 11.1. The van der Waals surface area contributed by atoms with E-state index in [-0.39, 0.29) is 11.3 Å². The Hall–Kier alpha value is -1.01. The van der Waals surface area contributed by atoms with Crippen molar-refractivity contribution in [3.8, 4) is 0 Å². The SMILES string of the molecule is CC(C)(C)NCc1ccnc(CS(C)(=O)=O)n1. The molecule has 0 spiro atoms. The topological polar surface area (TPSA) is 72.0 Å². The summed E-state index contributed by atoms with van der Waals surface area (Å²) < 4.78 is 22.3. The first kappa shape index (κ1) is 14.1. The Balaban J connectivity index is 2.73. The van der Waals surface area contributed by atoms with E-state index in [1.165, 1.54) is 6.26 Å². The van der Waals surface area contributed by atoms with Gasteiger partial charge in [-0.25, -0.2) is 18.4 Å². The highest BCUT2D eigenvalue weighted by Crippen LogP contribution is 2.04. The molecule has 0 aliphatic heterocycles. The summed E-state index contributed by atoms with van der Waals surface area (Å²) in [7, 11) is -3.08. The van der Waals surface area contributed by atoms with Crippen molar-refractivity contribution >= 4 is 9.84 Å². The zero-order chi connectivity index (χ0) is 13.1. The summed E-state index contributed by atoms with van der Waals surface area (Å²) in [4.78, 5) is 8.16. The minimum atomic E-state index is -3.08. The van der Waals surface area contributed by atoms with Crippen LogP contribution < -0.4 is 5.32 Å². The fourth-order valence-electron chi connectivity index (χ4n) is 1.20. The second-order valence-corrected chi connectivity index (χ2v) is 7.28. The summed E-state index contributed by atoms with van der Waals surface area (Å²) in [6.07, 6.45) is 2.77. The molecule has 0 aromatic carbocycles. The van der Waals surface area contributed by atoms with Crippen LogP contribution >= 0.6 is 0 Å². The van der Waals surface area contributed by atoms with Crippen molar-refractivity contribution in [3.63, 3.8) is 0 Å². The summed E-state index contributed by atoms with van der Waals surface area (Å²) in [5.41, 5.74) is 0.802. The highest BCUT2D eigenvalue weighted by molar-refractivity contribution is 7.89. The number of hydrogen-bond donors (Lipinski definition) is 1. The maximum Gasteiger partial charge on any atom is 0.154 e. The Morgan fingerprint density at radius 3 is 2.53 bits per heavy atom.